The monoisotopic (exact) mass is 334 g/mol. The summed E-state index contributed by atoms with van der Waals surface area (Å²) in [6.07, 6.45) is 7.08. The number of allylic oxidation sites excluding steroid dienone is 4. The number of hydrogen-bond acceptors (Lipinski definition) is 4. The van der Waals surface area contributed by atoms with Crippen molar-refractivity contribution >= 4 is 11.4 Å². The number of rotatable bonds is 5. The fourth-order valence-corrected chi connectivity index (χ4v) is 2.85. The summed E-state index contributed by atoms with van der Waals surface area (Å²) in [6, 6.07) is 1.29. The summed E-state index contributed by atoms with van der Waals surface area (Å²) in [4.78, 5) is 5.96. The van der Waals surface area contributed by atoms with E-state index >= 15 is 0 Å². The van der Waals surface area contributed by atoms with Crippen LogP contribution in [0.5, 0.6) is 0 Å². The van der Waals surface area contributed by atoms with Crippen molar-refractivity contribution in [3.05, 3.63) is 53.3 Å². The molecule has 24 heavy (non-hydrogen) atoms. The number of nitrogens with zero attached hydrogens (tertiary/aromatic N) is 2. The first-order chi connectivity index (χ1) is 11.6. The third-order valence-corrected chi connectivity index (χ3v) is 4.16. The molecule has 0 unspecified atom stereocenters. The highest BCUT2D eigenvalue weighted by Gasteiger charge is 2.30. The minimum absolute atomic E-state index is 0.109. The smallest absolute Gasteiger partial charge is 0.166 e. The van der Waals surface area contributed by atoms with E-state index in [-0.39, 0.29) is 23.1 Å². The molecule has 6 heteroatoms. The van der Waals surface area contributed by atoms with Crippen LogP contribution < -0.4 is 4.90 Å². The van der Waals surface area contributed by atoms with Crippen LogP contribution in [-0.2, 0) is 4.74 Å². The molecule has 1 aliphatic carbocycles. The second-order valence-corrected chi connectivity index (χ2v) is 5.76. The van der Waals surface area contributed by atoms with Crippen molar-refractivity contribution in [3.8, 4) is 0 Å². The van der Waals surface area contributed by atoms with Crippen molar-refractivity contribution in [1.82, 2.24) is 4.98 Å². The summed E-state index contributed by atoms with van der Waals surface area (Å²) < 4.78 is 34.4. The van der Waals surface area contributed by atoms with E-state index in [2.05, 4.69) is 4.98 Å². The number of halogens is 2. The number of aliphatic hydroxyl groups excluding tert-OH is 1. The van der Waals surface area contributed by atoms with Gasteiger partial charge in [0.05, 0.1) is 12.7 Å². The van der Waals surface area contributed by atoms with Gasteiger partial charge in [-0.15, -0.1) is 0 Å². The average molecular weight is 334 g/mol. The SMILES string of the molecule is CCOC1CN(c2ncc(C3=C(F)C(CO)=CCC=C3)cc2F)C1. The molecular formula is C18H20F2N2O2. The van der Waals surface area contributed by atoms with Crippen LogP contribution in [0.3, 0.4) is 0 Å². The Morgan fingerprint density at radius 3 is 2.83 bits per heavy atom. The standard InChI is InChI=1S/C18H20F2N2O2/c1-2-24-14-9-22(10-14)18-16(19)7-13(8-21-18)15-6-4-3-5-12(11-23)17(15)20/h4-8,14,23H,2-3,9-11H2,1H3. The Morgan fingerprint density at radius 1 is 1.38 bits per heavy atom. The summed E-state index contributed by atoms with van der Waals surface area (Å²) in [6.45, 7) is 3.37. The van der Waals surface area contributed by atoms with E-state index in [1.165, 1.54) is 12.3 Å². The van der Waals surface area contributed by atoms with E-state index in [0.29, 0.717) is 31.7 Å². The van der Waals surface area contributed by atoms with Gasteiger partial charge in [-0.2, -0.15) is 0 Å². The molecule has 0 amide bonds. The molecule has 0 radical (unpaired) electrons. The average Bonchev–Trinajstić information content (AvgIpc) is 2.72. The van der Waals surface area contributed by atoms with Crippen LogP contribution in [0.2, 0.25) is 0 Å². The van der Waals surface area contributed by atoms with Gasteiger partial charge in [0.15, 0.2) is 11.6 Å². The highest BCUT2D eigenvalue weighted by atomic mass is 19.1. The summed E-state index contributed by atoms with van der Waals surface area (Å²) >= 11 is 0. The molecule has 1 N–H and O–H groups in total. The van der Waals surface area contributed by atoms with Crippen molar-refractivity contribution in [3.63, 3.8) is 0 Å². The van der Waals surface area contributed by atoms with Gasteiger partial charge >= 0.3 is 0 Å². The topological polar surface area (TPSA) is 45.6 Å². The number of ether oxygens (including phenoxy) is 1. The zero-order valence-electron chi connectivity index (χ0n) is 13.5. The Balaban J connectivity index is 1.84. The number of aliphatic hydroxyl groups is 1. The fourth-order valence-electron chi connectivity index (χ4n) is 2.85. The van der Waals surface area contributed by atoms with E-state index in [9.17, 15) is 13.9 Å². The molecule has 1 saturated heterocycles. The molecule has 0 atom stereocenters. The van der Waals surface area contributed by atoms with E-state index in [1.54, 1.807) is 23.1 Å². The lowest BCUT2D eigenvalue weighted by molar-refractivity contribution is 0.0424. The van der Waals surface area contributed by atoms with Gasteiger partial charge in [0.1, 0.15) is 5.83 Å². The van der Waals surface area contributed by atoms with Crippen molar-refractivity contribution in [2.45, 2.75) is 19.4 Å². The van der Waals surface area contributed by atoms with Gasteiger partial charge in [-0.1, -0.05) is 18.2 Å². The number of aromatic nitrogens is 1. The summed E-state index contributed by atoms with van der Waals surface area (Å²) in [5.74, 6) is -0.776. The maximum atomic E-state index is 14.5. The molecule has 3 rings (SSSR count). The molecular weight excluding hydrogens is 314 g/mol. The van der Waals surface area contributed by atoms with Crippen molar-refractivity contribution < 1.29 is 18.6 Å². The third kappa shape index (κ3) is 3.25. The van der Waals surface area contributed by atoms with Crippen LogP contribution in [0.4, 0.5) is 14.6 Å². The quantitative estimate of drug-likeness (QED) is 0.899. The molecule has 0 bridgehead atoms. The molecule has 1 fully saturated rings. The lowest BCUT2D eigenvalue weighted by Gasteiger charge is -2.39. The van der Waals surface area contributed by atoms with Gasteiger partial charge in [0.2, 0.25) is 0 Å². The van der Waals surface area contributed by atoms with Gasteiger partial charge in [-0.3, -0.25) is 0 Å². The van der Waals surface area contributed by atoms with Crippen LogP contribution in [0.15, 0.2) is 41.9 Å². The van der Waals surface area contributed by atoms with Gasteiger partial charge in [-0.05, 0) is 19.4 Å². The Kier molecular flexibility index (Phi) is 5.06. The molecule has 0 spiro atoms. The Bertz CT molecular complexity index is 707. The Labute approximate surface area is 139 Å². The number of pyridine rings is 1. The van der Waals surface area contributed by atoms with Gasteiger partial charge in [-0.25, -0.2) is 13.8 Å². The normalized spacial score (nSPS) is 18.5. The summed E-state index contributed by atoms with van der Waals surface area (Å²) in [7, 11) is 0. The van der Waals surface area contributed by atoms with E-state index in [0.717, 1.165) is 0 Å². The highest BCUT2D eigenvalue weighted by Crippen LogP contribution is 2.31. The van der Waals surface area contributed by atoms with E-state index in [4.69, 9.17) is 4.74 Å². The van der Waals surface area contributed by atoms with Crippen LogP contribution in [0.1, 0.15) is 18.9 Å². The van der Waals surface area contributed by atoms with Crippen molar-refractivity contribution in [2.24, 2.45) is 0 Å². The predicted octanol–water partition coefficient (Wildman–Crippen LogP) is 3.01. The molecule has 0 saturated carbocycles. The van der Waals surface area contributed by atoms with Crippen LogP contribution >= 0.6 is 0 Å². The summed E-state index contributed by atoms with van der Waals surface area (Å²) in [5, 5.41) is 9.25. The predicted molar refractivity (Wildman–Crippen MR) is 88.8 cm³/mol. The molecule has 1 aromatic heterocycles. The minimum Gasteiger partial charge on any atom is -0.392 e. The van der Waals surface area contributed by atoms with Crippen LogP contribution in [0.25, 0.3) is 5.57 Å². The number of anilines is 1. The molecule has 2 heterocycles. The Hall–Kier alpha value is -2.05. The molecule has 1 aliphatic heterocycles. The zero-order chi connectivity index (χ0) is 17.1. The van der Waals surface area contributed by atoms with Gasteiger partial charge in [0.25, 0.3) is 0 Å². The highest BCUT2D eigenvalue weighted by molar-refractivity contribution is 5.79. The fraction of sp³-hybridized carbons (Fsp3) is 0.389. The second-order valence-electron chi connectivity index (χ2n) is 5.76. The van der Waals surface area contributed by atoms with Gasteiger partial charge < -0.3 is 14.7 Å². The molecule has 128 valence electrons. The van der Waals surface area contributed by atoms with Crippen LogP contribution in [-0.4, -0.2) is 42.5 Å². The molecule has 4 nitrogen and oxygen atoms in total. The van der Waals surface area contributed by atoms with Crippen LogP contribution in [0, 0.1) is 5.82 Å². The molecule has 1 aromatic rings. The lowest BCUT2D eigenvalue weighted by atomic mass is 10.0. The number of hydrogen-bond donors (Lipinski definition) is 1. The first-order valence-electron chi connectivity index (χ1n) is 8.03. The van der Waals surface area contributed by atoms with Crippen molar-refractivity contribution in [1.29, 1.82) is 0 Å². The third-order valence-electron chi connectivity index (χ3n) is 4.16. The van der Waals surface area contributed by atoms with Gasteiger partial charge in [0, 0.05) is 42.6 Å². The first-order valence-corrected chi connectivity index (χ1v) is 8.03. The van der Waals surface area contributed by atoms with E-state index < -0.39 is 18.3 Å². The first kappa shape index (κ1) is 16.8. The maximum absolute atomic E-state index is 14.5. The van der Waals surface area contributed by atoms with Crippen molar-refractivity contribution in [2.75, 3.05) is 31.2 Å². The van der Waals surface area contributed by atoms with E-state index in [1.807, 2.05) is 6.92 Å². The zero-order valence-corrected chi connectivity index (χ0v) is 13.5. The second kappa shape index (κ2) is 7.23. The maximum Gasteiger partial charge on any atom is 0.166 e. The molecule has 2 aliphatic rings. The lowest BCUT2D eigenvalue weighted by Crippen LogP contribution is -2.53. The molecule has 0 aromatic carbocycles. The summed E-state index contributed by atoms with van der Waals surface area (Å²) in [5.41, 5.74) is 0.802. The minimum atomic E-state index is -0.541. The largest absolute Gasteiger partial charge is 0.392 e. The Morgan fingerprint density at radius 2 is 2.17 bits per heavy atom.